The van der Waals surface area contributed by atoms with E-state index >= 15 is 0 Å². The second-order valence-electron chi connectivity index (χ2n) is 6.40. The molecule has 2 amide bonds. The van der Waals surface area contributed by atoms with E-state index in [2.05, 4.69) is 25.9 Å². The minimum Gasteiger partial charge on any atom is -0.326 e. The van der Waals surface area contributed by atoms with Gasteiger partial charge in [-0.15, -0.1) is 0 Å². The molecule has 0 unspecified atom stereocenters. The Balaban J connectivity index is 1.70. The van der Waals surface area contributed by atoms with E-state index in [4.69, 9.17) is 0 Å². The van der Waals surface area contributed by atoms with E-state index in [9.17, 15) is 9.59 Å². The number of hydrogen-bond acceptors (Lipinski definition) is 5. The highest BCUT2D eigenvalue weighted by atomic mass is 16.2. The summed E-state index contributed by atoms with van der Waals surface area (Å²) >= 11 is 0. The smallest absolute Gasteiger partial charge is 0.274 e. The van der Waals surface area contributed by atoms with E-state index in [0.29, 0.717) is 11.6 Å². The molecule has 2 aromatic carbocycles. The maximum atomic E-state index is 12.5. The lowest BCUT2D eigenvalue weighted by Gasteiger charge is -2.09. The van der Waals surface area contributed by atoms with Gasteiger partial charge in [0.25, 0.3) is 5.91 Å². The molecule has 3 N–H and O–H groups in total. The van der Waals surface area contributed by atoms with Crippen molar-refractivity contribution in [2.45, 2.75) is 20.8 Å². The SMILES string of the molecule is CC(=O)Nc1ccc(Nc2nccc(C(=O)Nc3ccc(C)c(C)c3)n2)cc1. The number of benzene rings is 2. The summed E-state index contributed by atoms with van der Waals surface area (Å²) < 4.78 is 0. The lowest BCUT2D eigenvalue weighted by molar-refractivity contribution is -0.114. The summed E-state index contributed by atoms with van der Waals surface area (Å²) in [5, 5.41) is 8.59. The number of nitrogens with one attached hydrogen (secondary N) is 3. The zero-order chi connectivity index (χ0) is 20.1. The minimum atomic E-state index is -0.310. The Kier molecular flexibility index (Phi) is 5.64. The molecule has 0 radical (unpaired) electrons. The molecule has 0 saturated heterocycles. The van der Waals surface area contributed by atoms with Crippen molar-refractivity contribution in [1.29, 1.82) is 0 Å². The molecule has 0 atom stereocenters. The molecule has 0 aliphatic heterocycles. The van der Waals surface area contributed by atoms with E-state index < -0.39 is 0 Å². The molecule has 7 nitrogen and oxygen atoms in total. The van der Waals surface area contributed by atoms with Gasteiger partial charge in [-0.1, -0.05) is 6.07 Å². The summed E-state index contributed by atoms with van der Waals surface area (Å²) in [5.41, 5.74) is 4.67. The highest BCUT2D eigenvalue weighted by Gasteiger charge is 2.10. The average Bonchev–Trinajstić information content (AvgIpc) is 2.66. The van der Waals surface area contributed by atoms with E-state index in [1.54, 1.807) is 30.3 Å². The van der Waals surface area contributed by atoms with Gasteiger partial charge in [0.05, 0.1) is 0 Å². The lowest BCUT2D eigenvalue weighted by Crippen LogP contribution is -2.15. The van der Waals surface area contributed by atoms with Gasteiger partial charge in [-0.25, -0.2) is 9.97 Å². The summed E-state index contributed by atoms with van der Waals surface area (Å²) in [5.74, 6) is -0.138. The first kappa shape index (κ1) is 19.0. The number of rotatable bonds is 5. The van der Waals surface area contributed by atoms with Gasteiger partial charge in [-0.2, -0.15) is 0 Å². The Labute approximate surface area is 163 Å². The minimum absolute atomic E-state index is 0.133. The van der Waals surface area contributed by atoms with Gasteiger partial charge >= 0.3 is 0 Å². The number of carbonyl (C=O) groups is 2. The summed E-state index contributed by atoms with van der Waals surface area (Å²) in [4.78, 5) is 32.0. The number of aromatic nitrogens is 2. The Morgan fingerprint density at radius 1 is 0.821 bits per heavy atom. The van der Waals surface area contributed by atoms with Crippen molar-refractivity contribution in [1.82, 2.24) is 9.97 Å². The highest BCUT2D eigenvalue weighted by molar-refractivity contribution is 6.03. The Morgan fingerprint density at radius 2 is 1.50 bits per heavy atom. The van der Waals surface area contributed by atoms with Crippen molar-refractivity contribution in [3.05, 3.63) is 71.5 Å². The third-order valence-corrected chi connectivity index (χ3v) is 4.11. The second kappa shape index (κ2) is 8.30. The predicted octanol–water partition coefficient (Wildman–Crippen LogP) is 4.05. The summed E-state index contributed by atoms with van der Waals surface area (Å²) in [6.45, 7) is 5.47. The fourth-order valence-electron chi connectivity index (χ4n) is 2.53. The van der Waals surface area contributed by atoms with Crippen LogP contribution in [0, 0.1) is 13.8 Å². The van der Waals surface area contributed by atoms with E-state index in [0.717, 1.165) is 22.5 Å². The van der Waals surface area contributed by atoms with Gasteiger partial charge in [0.2, 0.25) is 11.9 Å². The molecule has 1 aromatic heterocycles. The molecule has 0 saturated carbocycles. The van der Waals surface area contributed by atoms with Crippen LogP contribution in [0.4, 0.5) is 23.0 Å². The first-order chi connectivity index (χ1) is 13.4. The van der Waals surface area contributed by atoms with Crippen LogP contribution < -0.4 is 16.0 Å². The number of aryl methyl sites for hydroxylation is 2. The molecule has 142 valence electrons. The quantitative estimate of drug-likeness (QED) is 0.625. The normalized spacial score (nSPS) is 10.2. The molecule has 1 heterocycles. The number of amides is 2. The monoisotopic (exact) mass is 375 g/mol. The van der Waals surface area contributed by atoms with Gasteiger partial charge in [0.1, 0.15) is 5.69 Å². The molecule has 3 aromatic rings. The van der Waals surface area contributed by atoms with Crippen LogP contribution in [-0.4, -0.2) is 21.8 Å². The van der Waals surface area contributed by atoms with E-state index in [-0.39, 0.29) is 17.5 Å². The first-order valence-electron chi connectivity index (χ1n) is 8.77. The van der Waals surface area contributed by atoms with E-state index in [1.807, 2.05) is 32.0 Å². The zero-order valence-corrected chi connectivity index (χ0v) is 15.9. The van der Waals surface area contributed by atoms with Crippen LogP contribution in [0.5, 0.6) is 0 Å². The fraction of sp³-hybridized carbons (Fsp3) is 0.143. The molecule has 0 aliphatic carbocycles. The average molecular weight is 375 g/mol. The molecule has 28 heavy (non-hydrogen) atoms. The van der Waals surface area contributed by atoms with Crippen LogP contribution in [-0.2, 0) is 4.79 Å². The van der Waals surface area contributed by atoms with Crippen LogP contribution in [0.1, 0.15) is 28.5 Å². The summed E-state index contributed by atoms with van der Waals surface area (Å²) in [7, 11) is 0. The van der Waals surface area contributed by atoms with Gasteiger partial charge in [-0.3, -0.25) is 9.59 Å². The van der Waals surface area contributed by atoms with Crippen LogP contribution in [0.3, 0.4) is 0 Å². The van der Waals surface area contributed by atoms with E-state index in [1.165, 1.54) is 13.1 Å². The standard InChI is InChI=1S/C21H21N5O2/c1-13-4-5-18(12-14(13)2)24-20(28)19-10-11-22-21(26-19)25-17-8-6-16(7-9-17)23-15(3)27/h4-12H,1-3H3,(H,23,27)(H,24,28)(H,22,25,26). The van der Waals surface area contributed by atoms with Gasteiger partial charge in [0, 0.05) is 30.2 Å². The maximum Gasteiger partial charge on any atom is 0.274 e. The van der Waals surface area contributed by atoms with Crippen LogP contribution in [0.2, 0.25) is 0 Å². The number of anilines is 4. The number of hydrogen-bond donors (Lipinski definition) is 3. The van der Waals surface area contributed by atoms with Crippen molar-refractivity contribution in [3.63, 3.8) is 0 Å². The van der Waals surface area contributed by atoms with Crippen molar-refractivity contribution in [2.24, 2.45) is 0 Å². The second-order valence-corrected chi connectivity index (χ2v) is 6.40. The number of nitrogens with zero attached hydrogens (tertiary/aromatic N) is 2. The summed E-state index contributed by atoms with van der Waals surface area (Å²) in [6.07, 6.45) is 1.52. The summed E-state index contributed by atoms with van der Waals surface area (Å²) in [6, 6.07) is 14.4. The van der Waals surface area contributed by atoms with Crippen LogP contribution in [0.25, 0.3) is 0 Å². The van der Waals surface area contributed by atoms with Crippen LogP contribution in [0.15, 0.2) is 54.7 Å². The van der Waals surface area contributed by atoms with Gasteiger partial charge in [-0.05, 0) is 67.4 Å². The Hall–Kier alpha value is -3.74. The van der Waals surface area contributed by atoms with Crippen molar-refractivity contribution in [2.75, 3.05) is 16.0 Å². The van der Waals surface area contributed by atoms with Crippen LogP contribution >= 0.6 is 0 Å². The molecule has 0 fully saturated rings. The van der Waals surface area contributed by atoms with Crippen molar-refractivity contribution >= 4 is 34.8 Å². The molecule has 7 heteroatoms. The molecular formula is C21H21N5O2. The van der Waals surface area contributed by atoms with Gasteiger partial charge < -0.3 is 16.0 Å². The Bertz CT molecular complexity index is 1020. The molecular weight excluding hydrogens is 354 g/mol. The number of carbonyl (C=O) groups excluding carboxylic acids is 2. The molecule has 0 aliphatic rings. The fourth-order valence-corrected chi connectivity index (χ4v) is 2.53. The predicted molar refractivity (Wildman–Crippen MR) is 110 cm³/mol. The topological polar surface area (TPSA) is 96.0 Å². The first-order valence-corrected chi connectivity index (χ1v) is 8.77. The van der Waals surface area contributed by atoms with Crippen molar-refractivity contribution < 1.29 is 9.59 Å². The molecule has 0 bridgehead atoms. The lowest BCUT2D eigenvalue weighted by atomic mass is 10.1. The maximum absolute atomic E-state index is 12.5. The molecule has 3 rings (SSSR count). The highest BCUT2D eigenvalue weighted by Crippen LogP contribution is 2.18. The van der Waals surface area contributed by atoms with Gasteiger partial charge in [0.15, 0.2) is 0 Å². The third-order valence-electron chi connectivity index (χ3n) is 4.11. The largest absolute Gasteiger partial charge is 0.326 e. The van der Waals surface area contributed by atoms with Crippen molar-refractivity contribution in [3.8, 4) is 0 Å². The third kappa shape index (κ3) is 4.91. The zero-order valence-electron chi connectivity index (χ0n) is 15.9. The Morgan fingerprint density at radius 3 is 2.18 bits per heavy atom. The molecule has 0 spiro atoms.